The van der Waals surface area contributed by atoms with Crippen LogP contribution in [0.1, 0.15) is 35.9 Å². The van der Waals surface area contributed by atoms with Crippen molar-refractivity contribution in [3.8, 4) is 0 Å². The fourth-order valence-electron chi connectivity index (χ4n) is 2.46. The predicted molar refractivity (Wildman–Crippen MR) is 63.8 cm³/mol. The van der Waals surface area contributed by atoms with Gasteiger partial charge in [-0.25, -0.2) is 8.78 Å². The lowest BCUT2D eigenvalue weighted by Gasteiger charge is -2.23. The first-order valence-electron chi connectivity index (χ1n) is 6.23. The number of halogens is 2. The Morgan fingerprint density at radius 2 is 2.17 bits per heavy atom. The van der Waals surface area contributed by atoms with E-state index in [1.807, 2.05) is 0 Å². The first-order valence-corrected chi connectivity index (χ1v) is 6.23. The summed E-state index contributed by atoms with van der Waals surface area (Å²) in [6, 6.07) is 0. The Morgan fingerprint density at radius 1 is 1.50 bits per heavy atom. The molecule has 0 radical (unpaired) electrons. The molecule has 2 N–H and O–H groups in total. The fraction of sp³-hybridized carbons (Fsp3) is 0.750. The molecule has 4 nitrogen and oxygen atoms in total. The SMILES string of the molecule is Cn1cc(C(CN)C(F)F)c(C2CCOCC2)n1. The second-order valence-electron chi connectivity index (χ2n) is 4.71. The summed E-state index contributed by atoms with van der Waals surface area (Å²) in [5.41, 5.74) is 6.85. The van der Waals surface area contributed by atoms with Crippen molar-refractivity contribution < 1.29 is 13.5 Å². The third-order valence-electron chi connectivity index (χ3n) is 3.45. The van der Waals surface area contributed by atoms with Crippen molar-refractivity contribution in [1.82, 2.24) is 9.78 Å². The molecular formula is C12H19F2N3O. The zero-order valence-electron chi connectivity index (χ0n) is 10.5. The summed E-state index contributed by atoms with van der Waals surface area (Å²) in [7, 11) is 1.76. The van der Waals surface area contributed by atoms with Gasteiger partial charge in [0.2, 0.25) is 6.43 Å². The van der Waals surface area contributed by atoms with Gasteiger partial charge in [-0.15, -0.1) is 0 Å². The van der Waals surface area contributed by atoms with Gasteiger partial charge >= 0.3 is 0 Å². The van der Waals surface area contributed by atoms with E-state index in [9.17, 15) is 8.78 Å². The van der Waals surface area contributed by atoms with E-state index < -0.39 is 12.3 Å². The molecule has 1 atom stereocenters. The topological polar surface area (TPSA) is 53.1 Å². The van der Waals surface area contributed by atoms with E-state index in [2.05, 4.69) is 5.10 Å². The van der Waals surface area contributed by atoms with Gasteiger partial charge in [-0.1, -0.05) is 0 Å². The smallest absolute Gasteiger partial charge is 0.246 e. The van der Waals surface area contributed by atoms with Crippen molar-refractivity contribution in [3.05, 3.63) is 17.5 Å². The average Bonchev–Trinajstić information content (AvgIpc) is 2.73. The molecule has 1 aliphatic rings. The van der Waals surface area contributed by atoms with E-state index in [0.29, 0.717) is 18.8 Å². The number of aryl methyl sites for hydroxylation is 1. The largest absolute Gasteiger partial charge is 0.381 e. The van der Waals surface area contributed by atoms with Gasteiger partial charge < -0.3 is 10.5 Å². The van der Waals surface area contributed by atoms with E-state index in [4.69, 9.17) is 10.5 Å². The zero-order valence-corrected chi connectivity index (χ0v) is 10.5. The van der Waals surface area contributed by atoms with Crippen molar-refractivity contribution in [2.45, 2.75) is 31.1 Å². The Labute approximate surface area is 105 Å². The van der Waals surface area contributed by atoms with Gasteiger partial charge in [-0.05, 0) is 12.8 Å². The molecule has 0 saturated carbocycles. The normalized spacial score (nSPS) is 19.4. The average molecular weight is 259 g/mol. The van der Waals surface area contributed by atoms with Crippen LogP contribution in [0.2, 0.25) is 0 Å². The highest BCUT2D eigenvalue weighted by Crippen LogP contribution is 2.33. The van der Waals surface area contributed by atoms with Gasteiger partial charge in [0.15, 0.2) is 0 Å². The molecule has 1 fully saturated rings. The number of hydrogen-bond acceptors (Lipinski definition) is 3. The van der Waals surface area contributed by atoms with E-state index in [1.165, 1.54) is 0 Å². The van der Waals surface area contributed by atoms with Gasteiger partial charge in [0.25, 0.3) is 0 Å². The van der Waals surface area contributed by atoms with Crippen LogP contribution in [0.3, 0.4) is 0 Å². The number of nitrogens with zero attached hydrogens (tertiary/aromatic N) is 2. The van der Waals surface area contributed by atoms with E-state index >= 15 is 0 Å². The van der Waals surface area contributed by atoms with Crippen LogP contribution in [0.25, 0.3) is 0 Å². The molecular weight excluding hydrogens is 240 g/mol. The van der Waals surface area contributed by atoms with Crippen LogP contribution in [0, 0.1) is 0 Å². The number of alkyl halides is 2. The highest BCUT2D eigenvalue weighted by molar-refractivity contribution is 5.27. The Morgan fingerprint density at radius 3 is 2.72 bits per heavy atom. The molecule has 1 aromatic heterocycles. The summed E-state index contributed by atoms with van der Waals surface area (Å²) in [4.78, 5) is 0. The van der Waals surface area contributed by atoms with Crippen molar-refractivity contribution >= 4 is 0 Å². The van der Waals surface area contributed by atoms with Gasteiger partial charge in [-0.3, -0.25) is 4.68 Å². The van der Waals surface area contributed by atoms with Crippen LogP contribution in [0.5, 0.6) is 0 Å². The number of nitrogens with two attached hydrogens (primary N) is 1. The minimum Gasteiger partial charge on any atom is -0.381 e. The highest BCUT2D eigenvalue weighted by atomic mass is 19.3. The summed E-state index contributed by atoms with van der Waals surface area (Å²) in [6.45, 7) is 1.28. The van der Waals surface area contributed by atoms with Gasteiger partial charge in [0.1, 0.15) is 0 Å². The minimum absolute atomic E-state index is 0.0560. The molecule has 0 bridgehead atoms. The second-order valence-corrected chi connectivity index (χ2v) is 4.71. The predicted octanol–water partition coefficient (Wildman–Crippen LogP) is 1.62. The zero-order chi connectivity index (χ0) is 13.1. The third-order valence-corrected chi connectivity index (χ3v) is 3.45. The molecule has 1 aliphatic heterocycles. The van der Waals surface area contributed by atoms with Crippen molar-refractivity contribution in [3.63, 3.8) is 0 Å². The van der Waals surface area contributed by atoms with E-state index in [0.717, 1.165) is 18.5 Å². The summed E-state index contributed by atoms with van der Waals surface area (Å²) < 4.78 is 32.9. The van der Waals surface area contributed by atoms with Crippen LogP contribution in [-0.2, 0) is 11.8 Å². The fourth-order valence-corrected chi connectivity index (χ4v) is 2.46. The molecule has 1 unspecified atom stereocenters. The second kappa shape index (κ2) is 5.75. The lowest BCUT2D eigenvalue weighted by molar-refractivity contribution is 0.0832. The maximum absolute atomic E-state index is 13.0. The maximum Gasteiger partial charge on any atom is 0.246 e. The summed E-state index contributed by atoms with van der Waals surface area (Å²) >= 11 is 0. The molecule has 1 saturated heterocycles. The molecule has 2 heterocycles. The first kappa shape index (κ1) is 13.4. The van der Waals surface area contributed by atoms with Crippen molar-refractivity contribution in [2.24, 2.45) is 12.8 Å². The quantitative estimate of drug-likeness (QED) is 0.894. The summed E-state index contributed by atoms with van der Waals surface area (Å²) in [5.74, 6) is -0.709. The number of rotatable bonds is 4. The lowest BCUT2D eigenvalue weighted by atomic mass is 9.89. The molecule has 18 heavy (non-hydrogen) atoms. The van der Waals surface area contributed by atoms with E-state index in [-0.39, 0.29) is 12.5 Å². The van der Waals surface area contributed by atoms with Gasteiger partial charge in [-0.2, -0.15) is 5.10 Å². The molecule has 102 valence electrons. The maximum atomic E-state index is 13.0. The lowest BCUT2D eigenvalue weighted by Crippen LogP contribution is -2.22. The standard InChI is InChI=1S/C12H19F2N3O/c1-17-7-10(9(6-15)12(13)14)11(16-17)8-2-4-18-5-3-8/h7-9,12H,2-6,15H2,1H3. The van der Waals surface area contributed by atoms with E-state index in [1.54, 1.807) is 17.9 Å². The minimum atomic E-state index is -2.45. The molecule has 1 aromatic rings. The summed E-state index contributed by atoms with van der Waals surface area (Å²) in [5, 5.41) is 4.36. The van der Waals surface area contributed by atoms with Crippen LogP contribution in [0.15, 0.2) is 6.20 Å². The Kier molecular flexibility index (Phi) is 4.29. The highest BCUT2D eigenvalue weighted by Gasteiger charge is 2.29. The monoisotopic (exact) mass is 259 g/mol. The number of aromatic nitrogens is 2. The summed E-state index contributed by atoms with van der Waals surface area (Å²) in [6.07, 6.45) is 0.904. The van der Waals surface area contributed by atoms with Gasteiger partial charge in [0.05, 0.1) is 11.6 Å². The first-order chi connectivity index (χ1) is 8.63. The molecule has 0 spiro atoms. The molecule has 0 aromatic carbocycles. The third kappa shape index (κ3) is 2.70. The number of ether oxygens (including phenoxy) is 1. The molecule has 0 amide bonds. The van der Waals surface area contributed by atoms with Crippen LogP contribution in [0.4, 0.5) is 8.78 Å². The molecule has 6 heteroatoms. The van der Waals surface area contributed by atoms with Crippen LogP contribution < -0.4 is 5.73 Å². The van der Waals surface area contributed by atoms with Crippen LogP contribution in [-0.4, -0.2) is 36.0 Å². The van der Waals surface area contributed by atoms with Crippen LogP contribution >= 0.6 is 0 Å². The molecule has 0 aliphatic carbocycles. The Balaban J connectivity index is 2.28. The van der Waals surface area contributed by atoms with Crippen molar-refractivity contribution in [2.75, 3.05) is 19.8 Å². The Hall–Kier alpha value is -1.01. The van der Waals surface area contributed by atoms with Crippen molar-refractivity contribution in [1.29, 1.82) is 0 Å². The Bertz CT molecular complexity index is 389. The number of hydrogen-bond donors (Lipinski definition) is 1. The molecule has 2 rings (SSSR count). The van der Waals surface area contributed by atoms with Gasteiger partial charge in [0, 0.05) is 44.5 Å².